The van der Waals surface area contributed by atoms with Crippen molar-refractivity contribution >= 4 is 22.1 Å². The monoisotopic (exact) mass is 416 g/mol. The van der Waals surface area contributed by atoms with E-state index in [1.807, 2.05) is 13.8 Å². The quantitative estimate of drug-likeness (QED) is 0.443. The van der Waals surface area contributed by atoms with Crippen LogP contribution in [-0.2, 0) is 33.4 Å². The third kappa shape index (κ3) is 3.36. The molecule has 0 aromatic carbocycles. The zero-order valence-electron chi connectivity index (χ0n) is 17.4. The van der Waals surface area contributed by atoms with Crippen molar-refractivity contribution in [3.63, 3.8) is 0 Å². The Morgan fingerprint density at radius 1 is 1.07 bits per heavy atom. The van der Waals surface area contributed by atoms with Gasteiger partial charge in [0.05, 0.1) is 11.5 Å². The van der Waals surface area contributed by atoms with Gasteiger partial charge in [-0.25, -0.2) is 4.79 Å². The molecule has 0 amide bonds. The molecule has 8 heteroatoms. The van der Waals surface area contributed by atoms with E-state index in [0.29, 0.717) is 32.1 Å². The number of rotatable bonds is 8. The van der Waals surface area contributed by atoms with Gasteiger partial charge in [-0.05, 0) is 46.0 Å². The highest BCUT2D eigenvalue weighted by molar-refractivity contribution is 7.87. The topological polar surface area (TPSA) is 96.0 Å². The van der Waals surface area contributed by atoms with Crippen molar-refractivity contribution in [2.75, 3.05) is 0 Å². The van der Waals surface area contributed by atoms with Gasteiger partial charge in [-0.2, -0.15) is 8.42 Å². The highest BCUT2D eigenvalue weighted by atomic mass is 32.2. The van der Waals surface area contributed by atoms with Crippen LogP contribution in [0.5, 0.6) is 0 Å². The van der Waals surface area contributed by atoms with Crippen molar-refractivity contribution in [1.82, 2.24) is 0 Å². The standard InChI is InChI=1S/C20H32O7S/c1-6-9-20(8-3,26-17(21)19(4,5)7-2)18(22)25-15-12-10-13-14(11-12)27-28(23,24)16(13)15/h12-16H,6-11H2,1-5H3. The molecule has 2 aliphatic carbocycles. The van der Waals surface area contributed by atoms with Crippen molar-refractivity contribution in [2.24, 2.45) is 17.3 Å². The number of hydrogen-bond acceptors (Lipinski definition) is 7. The Hall–Kier alpha value is -1.15. The third-order valence-electron chi connectivity index (χ3n) is 6.95. The van der Waals surface area contributed by atoms with Crippen LogP contribution in [0.3, 0.4) is 0 Å². The van der Waals surface area contributed by atoms with Crippen molar-refractivity contribution in [3.05, 3.63) is 0 Å². The summed E-state index contributed by atoms with van der Waals surface area (Å²) in [6.07, 6.45) is 2.13. The SMILES string of the molecule is CCCC(CC)(OC(=O)C(C)(C)CC)C(=O)OC1C2CC3OS(=O)(=O)C1C3C2. The Balaban J connectivity index is 1.82. The summed E-state index contributed by atoms with van der Waals surface area (Å²) >= 11 is 0. The van der Waals surface area contributed by atoms with Crippen molar-refractivity contribution in [2.45, 2.75) is 96.2 Å². The van der Waals surface area contributed by atoms with Gasteiger partial charge in [-0.3, -0.25) is 8.98 Å². The van der Waals surface area contributed by atoms with E-state index >= 15 is 0 Å². The summed E-state index contributed by atoms with van der Waals surface area (Å²) in [4.78, 5) is 25.9. The zero-order valence-corrected chi connectivity index (χ0v) is 18.2. The fourth-order valence-electron chi connectivity index (χ4n) is 4.77. The molecule has 6 unspecified atom stereocenters. The van der Waals surface area contributed by atoms with Crippen LogP contribution in [0.1, 0.15) is 73.1 Å². The van der Waals surface area contributed by atoms with Gasteiger partial charge in [-0.15, -0.1) is 0 Å². The Bertz CT molecular complexity index is 742. The lowest BCUT2D eigenvalue weighted by molar-refractivity contribution is -0.195. The summed E-state index contributed by atoms with van der Waals surface area (Å²) in [5.41, 5.74) is -2.10. The molecule has 0 spiro atoms. The number of hydrogen-bond donors (Lipinski definition) is 0. The highest BCUT2D eigenvalue weighted by Crippen LogP contribution is 2.55. The third-order valence-corrected chi connectivity index (χ3v) is 8.75. The summed E-state index contributed by atoms with van der Waals surface area (Å²) in [5, 5.41) is -0.792. The molecule has 7 nitrogen and oxygen atoms in total. The molecule has 0 aromatic heterocycles. The number of esters is 2. The van der Waals surface area contributed by atoms with Crippen LogP contribution in [0.4, 0.5) is 0 Å². The Kier molecular flexibility index (Phi) is 5.60. The van der Waals surface area contributed by atoms with Gasteiger partial charge in [0.25, 0.3) is 10.1 Å². The van der Waals surface area contributed by atoms with E-state index in [2.05, 4.69) is 0 Å². The first-order chi connectivity index (χ1) is 13.0. The molecule has 3 aliphatic rings. The average Bonchev–Trinajstić information content (AvgIpc) is 3.22. The highest BCUT2D eigenvalue weighted by Gasteiger charge is 2.66. The lowest BCUT2D eigenvalue weighted by Gasteiger charge is -2.35. The number of fused-ring (bicyclic) bond motifs is 1. The number of carbonyl (C=O) groups excluding carboxylic acids is 2. The maximum absolute atomic E-state index is 13.2. The zero-order chi connectivity index (χ0) is 20.9. The minimum Gasteiger partial charge on any atom is -0.458 e. The number of ether oxygens (including phenoxy) is 2. The summed E-state index contributed by atoms with van der Waals surface area (Å²) in [7, 11) is -3.73. The second-order valence-corrected chi connectivity index (χ2v) is 10.8. The van der Waals surface area contributed by atoms with Gasteiger partial charge in [-0.1, -0.05) is 27.2 Å². The molecule has 3 fully saturated rings. The summed E-state index contributed by atoms with van der Waals surface area (Å²) < 4.78 is 41.5. The largest absolute Gasteiger partial charge is 0.458 e. The molecule has 6 atom stereocenters. The van der Waals surface area contributed by atoms with Crippen LogP contribution in [0.2, 0.25) is 0 Å². The molecule has 0 radical (unpaired) electrons. The van der Waals surface area contributed by atoms with Gasteiger partial charge < -0.3 is 9.47 Å². The van der Waals surface area contributed by atoms with Crippen LogP contribution < -0.4 is 0 Å². The molecule has 1 aliphatic heterocycles. The van der Waals surface area contributed by atoms with Crippen molar-refractivity contribution in [3.8, 4) is 0 Å². The van der Waals surface area contributed by atoms with E-state index in [1.165, 1.54) is 0 Å². The van der Waals surface area contributed by atoms with E-state index in [1.54, 1.807) is 20.8 Å². The normalized spacial score (nSPS) is 34.8. The molecule has 28 heavy (non-hydrogen) atoms. The molecule has 160 valence electrons. The summed E-state index contributed by atoms with van der Waals surface area (Å²) in [5.74, 6) is -1.18. The smallest absolute Gasteiger partial charge is 0.350 e. The van der Waals surface area contributed by atoms with Gasteiger partial charge in [0, 0.05) is 11.8 Å². The molecular formula is C20H32O7S. The van der Waals surface area contributed by atoms with E-state index in [4.69, 9.17) is 13.7 Å². The van der Waals surface area contributed by atoms with E-state index in [0.717, 1.165) is 0 Å². The van der Waals surface area contributed by atoms with Crippen LogP contribution in [0.25, 0.3) is 0 Å². The Morgan fingerprint density at radius 3 is 2.32 bits per heavy atom. The van der Waals surface area contributed by atoms with Crippen molar-refractivity contribution < 1.29 is 31.7 Å². The lowest BCUT2D eigenvalue weighted by Crippen LogP contribution is -2.50. The second-order valence-electron chi connectivity index (χ2n) is 9.08. The molecule has 1 heterocycles. The maximum atomic E-state index is 13.2. The Morgan fingerprint density at radius 2 is 1.75 bits per heavy atom. The fraction of sp³-hybridized carbons (Fsp3) is 0.900. The van der Waals surface area contributed by atoms with E-state index in [9.17, 15) is 18.0 Å². The predicted octanol–water partition coefficient (Wildman–Crippen LogP) is 2.96. The molecule has 1 saturated heterocycles. The first-order valence-electron chi connectivity index (χ1n) is 10.4. The van der Waals surface area contributed by atoms with Crippen LogP contribution in [0.15, 0.2) is 0 Å². The minimum absolute atomic E-state index is 0.0137. The fourth-order valence-corrected chi connectivity index (χ4v) is 6.78. The first kappa shape index (κ1) is 21.6. The first-order valence-corrected chi connectivity index (χ1v) is 11.8. The molecule has 2 bridgehead atoms. The summed E-state index contributed by atoms with van der Waals surface area (Å²) in [6.45, 7) is 9.16. The molecule has 0 N–H and O–H groups in total. The van der Waals surface area contributed by atoms with Crippen LogP contribution in [-0.4, -0.2) is 43.4 Å². The molecule has 2 saturated carbocycles. The lowest BCUT2D eigenvalue weighted by atomic mass is 9.88. The van der Waals surface area contributed by atoms with Gasteiger partial charge in [0.1, 0.15) is 11.4 Å². The average molecular weight is 417 g/mol. The van der Waals surface area contributed by atoms with Crippen molar-refractivity contribution in [1.29, 1.82) is 0 Å². The van der Waals surface area contributed by atoms with E-state index < -0.39 is 44.4 Å². The molecular weight excluding hydrogens is 384 g/mol. The van der Waals surface area contributed by atoms with Gasteiger partial charge in [0.15, 0.2) is 0 Å². The predicted molar refractivity (Wildman–Crippen MR) is 102 cm³/mol. The molecule has 3 rings (SSSR count). The second kappa shape index (κ2) is 7.27. The van der Waals surface area contributed by atoms with Gasteiger partial charge in [0.2, 0.25) is 5.60 Å². The number of carbonyl (C=O) groups is 2. The van der Waals surface area contributed by atoms with Crippen LogP contribution >= 0.6 is 0 Å². The van der Waals surface area contributed by atoms with E-state index in [-0.39, 0.29) is 24.4 Å². The minimum atomic E-state index is -3.73. The summed E-state index contributed by atoms with van der Waals surface area (Å²) in [6, 6.07) is 0. The Labute approximate surface area is 167 Å². The maximum Gasteiger partial charge on any atom is 0.350 e. The molecule has 0 aromatic rings. The van der Waals surface area contributed by atoms with Gasteiger partial charge >= 0.3 is 11.9 Å². The van der Waals surface area contributed by atoms with Crippen LogP contribution in [0, 0.1) is 17.3 Å².